The van der Waals surface area contributed by atoms with Crippen LogP contribution in [0.25, 0.3) is 11.0 Å². The fraction of sp³-hybridized carbons (Fsp3) is 0.533. The quantitative estimate of drug-likeness (QED) is 0.709. The van der Waals surface area contributed by atoms with Crippen LogP contribution in [0.1, 0.15) is 53.1 Å². The lowest BCUT2D eigenvalue weighted by molar-refractivity contribution is 0.546. The van der Waals surface area contributed by atoms with Crippen LogP contribution < -0.4 is 0 Å². The molecule has 0 N–H and O–H groups in total. The molecule has 0 aliphatic heterocycles. The minimum atomic E-state index is -0.0480. The Bertz CT molecular complexity index is 526. The first-order valence-corrected chi connectivity index (χ1v) is 6.33. The Morgan fingerprint density at radius 2 is 1.50 bits per heavy atom. The van der Waals surface area contributed by atoms with Crippen LogP contribution in [0.5, 0.6) is 0 Å². The summed E-state index contributed by atoms with van der Waals surface area (Å²) in [5, 5.41) is 0.996. The number of hydrogen-bond acceptors (Lipinski definition) is 3. The lowest BCUT2D eigenvalue weighted by atomic mass is 9.91. The van der Waals surface area contributed by atoms with Crippen molar-refractivity contribution in [1.29, 1.82) is 0 Å². The van der Waals surface area contributed by atoms with E-state index < -0.39 is 0 Å². The van der Waals surface area contributed by atoms with Crippen LogP contribution in [-0.4, -0.2) is 15.0 Å². The number of aromatic nitrogens is 3. The second-order valence-electron chi connectivity index (χ2n) is 6.80. The summed E-state index contributed by atoms with van der Waals surface area (Å²) in [6.45, 7) is 12.8. The highest BCUT2D eigenvalue weighted by molar-refractivity contribution is 5.73. The summed E-state index contributed by atoms with van der Waals surface area (Å²) in [4.78, 5) is 13.7. The van der Waals surface area contributed by atoms with E-state index in [4.69, 9.17) is 0 Å². The fourth-order valence-electron chi connectivity index (χ4n) is 1.69. The molecule has 0 radical (unpaired) electrons. The van der Waals surface area contributed by atoms with Crippen molar-refractivity contribution < 1.29 is 0 Å². The summed E-state index contributed by atoms with van der Waals surface area (Å²) >= 11 is 0. The molecule has 0 atom stereocenters. The van der Waals surface area contributed by atoms with Crippen molar-refractivity contribution in [2.24, 2.45) is 0 Å². The molecule has 0 spiro atoms. The molecule has 96 valence electrons. The lowest BCUT2D eigenvalue weighted by Crippen LogP contribution is -2.17. The van der Waals surface area contributed by atoms with E-state index in [2.05, 4.69) is 68.6 Å². The zero-order chi connectivity index (χ0) is 13.6. The van der Waals surface area contributed by atoms with E-state index in [0.717, 1.165) is 22.6 Å². The van der Waals surface area contributed by atoms with E-state index in [9.17, 15) is 0 Å². The van der Waals surface area contributed by atoms with Crippen molar-refractivity contribution in [2.75, 3.05) is 0 Å². The van der Waals surface area contributed by atoms with Gasteiger partial charge in [0.05, 0.1) is 0 Å². The zero-order valence-corrected chi connectivity index (χ0v) is 12.1. The van der Waals surface area contributed by atoms with Crippen LogP contribution in [0.4, 0.5) is 0 Å². The molecule has 0 amide bonds. The molecule has 0 bridgehead atoms. The summed E-state index contributed by atoms with van der Waals surface area (Å²) in [7, 11) is 0. The van der Waals surface area contributed by atoms with Gasteiger partial charge in [-0.1, -0.05) is 41.5 Å². The molecule has 0 aliphatic carbocycles. The Morgan fingerprint density at radius 3 is 2.06 bits per heavy atom. The largest absolute Gasteiger partial charge is 0.240 e. The minimum Gasteiger partial charge on any atom is -0.240 e. The Kier molecular flexibility index (Phi) is 2.88. The highest BCUT2D eigenvalue weighted by Crippen LogP contribution is 2.24. The molecule has 0 aliphatic rings. The second-order valence-corrected chi connectivity index (χ2v) is 6.80. The molecule has 18 heavy (non-hydrogen) atoms. The van der Waals surface area contributed by atoms with Crippen LogP contribution >= 0.6 is 0 Å². The van der Waals surface area contributed by atoms with Crippen molar-refractivity contribution in [3.05, 3.63) is 29.8 Å². The monoisotopic (exact) mass is 243 g/mol. The summed E-state index contributed by atoms with van der Waals surface area (Å²) in [5.41, 5.74) is 1.85. The van der Waals surface area contributed by atoms with Gasteiger partial charge in [-0.3, -0.25) is 0 Å². The zero-order valence-electron chi connectivity index (χ0n) is 12.1. The number of pyridine rings is 1. The minimum absolute atomic E-state index is 0.0427. The standard InChI is InChI=1S/C15H21N3/c1-14(2,3)11-8-7-10-9-16-13(15(4,5)6)18-12(10)17-11/h7-9H,1-6H3. The van der Waals surface area contributed by atoms with Gasteiger partial charge in [-0.15, -0.1) is 0 Å². The molecule has 2 aromatic heterocycles. The molecule has 2 rings (SSSR count). The van der Waals surface area contributed by atoms with E-state index in [0.29, 0.717) is 0 Å². The molecule has 0 saturated carbocycles. The maximum atomic E-state index is 4.67. The molecule has 0 saturated heterocycles. The van der Waals surface area contributed by atoms with E-state index in [-0.39, 0.29) is 10.8 Å². The first-order valence-electron chi connectivity index (χ1n) is 6.33. The maximum absolute atomic E-state index is 4.67. The topological polar surface area (TPSA) is 38.7 Å². The van der Waals surface area contributed by atoms with Gasteiger partial charge in [0.15, 0.2) is 5.65 Å². The molecule has 0 aromatic carbocycles. The molecule has 2 aromatic rings. The third-order valence-corrected chi connectivity index (χ3v) is 2.88. The number of hydrogen-bond donors (Lipinski definition) is 0. The van der Waals surface area contributed by atoms with Crippen LogP contribution in [-0.2, 0) is 10.8 Å². The van der Waals surface area contributed by atoms with Crippen LogP contribution in [0.3, 0.4) is 0 Å². The normalized spacial score (nSPS) is 13.0. The predicted octanol–water partition coefficient (Wildman–Crippen LogP) is 3.62. The second kappa shape index (κ2) is 4.01. The van der Waals surface area contributed by atoms with E-state index in [1.807, 2.05) is 6.20 Å². The van der Waals surface area contributed by atoms with E-state index >= 15 is 0 Å². The van der Waals surface area contributed by atoms with Crippen molar-refractivity contribution in [1.82, 2.24) is 15.0 Å². The van der Waals surface area contributed by atoms with E-state index in [1.165, 1.54) is 0 Å². The molecule has 3 nitrogen and oxygen atoms in total. The summed E-state index contributed by atoms with van der Waals surface area (Å²) < 4.78 is 0. The van der Waals surface area contributed by atoms with Crippen molar-refractivity contribution >= 4 is 11.0 Å². The summed E-state index contributed by atoms with van der Waals surface area (Å²) in [6.07, 6.45) is 1.86. The first-order chi connectivity index (χ1) is 8.18. The van der Waals surface area contributed by atoms with Gasteiger partial charge in [0, 0.05) is 28.1 Å². The lowest BCUT2D eigenvalue weighted by Gasteiger charge is -2.19. The van der Waals surface area contributed by atoms with Gasteiger partial charge in [-0.25, -0.2) is 15.0 Å². The Balaban J connectivity index is 2.61. The van der Waals surface area contributed by atoms with Gasteiger partial charge < -0.3 is 0 Å². The van der Waals surface area contributed by atoms with Gasteiger partial charge in [0.1, 0.15) is 5.82 Å². The Morgan fingerprint density at radius 1 is 0.833 bits per heavy atom. The molecule has 2 heterocycles. The van der Waals surface area contributed by atoms with Crippen molar-refractivity contribution in [3.8, 4) is 0 Å². The van der Waals surface area contributed by atoms with E-state index in [1.54, 1.807) is 0 Å². The van der Waals surface area contributed by atoms with Gasteiger partial charge >= 0.3 is 0 Å². The van der Waals surface area contributed by atoms with Crippen LogP contribution in [0, 0.1) is 0 Å². The average Bonchev–Trinajstić information content (AvgIpc) is 2.25. The Labute approximate surface area is 109 Å². The number of nitrogens with zero attached hydrogens (tertiary/aromatic N) is 3. The summed E-state index contributed by atoms with van der Waals surface area (Å²) in [5.74, 6) is 0.841. The molecular weight excluding hydrogens is 222 g/mol. The van der Waals surface area contributed by atoms with Gasteiger partial charge in [0.2, 0.25) is 0 Å². The Hall–Kier alpha value is -1.51. The van der Waals surface area contributed by atoms with Gasteiger partial charge in [-0.05, 0) is 12.1 Å². The average molecular weight is 243 g/mol. The SMILES string of the molecule is CC(C)(C)c1ccc2cnc(C(C)(C)C)nc2n1. The molecule has 3 heteroatoms. The third-order valence-electron chi connectivity index (χ3n) is 2.88. The number of fused-ring (bicyclic) bond motifs is 1. The highest BCUT2D eigenvalue weighted by atomic mass is 15.0. The molecule has 0 fully saturated rings. The van der Waals surface area contributed by atoms with Crippen molar-refractivity contribution in [2.45, 2.75) is 52.4 Å². The summed E-state index contributed by atoms with van der Waals surface area (Å²) in [6, 6.07) is 4.11. The van der Waals surface area contributed by atoms with Crippen LogP contribution in [0.15, 0.2) is 18.3 Å². The van der Waals surface area contributed by atoms with Crippen molar-refractivity contribution in [3.63, 3.8) is 0 Å². The predicted molar refractivity (Wildman–Crippen MR) is 74.7 cm³/mol. The first kappa shape index (κ1) is 12.9. The fourth-order valence-corrected chi connectivity index (χ4v) is 1.69. The third kappa shape index (κ3) is 2.50. The van der Waals surface area contributed by atoms with Gasteiger partial charge in [-0.2, -0.15) is 0 Å². The smallest absolute Gasteiger partial charge is 0.163 e. The highest BCUT2D eigenvalue weighted by Gasteiger charge is 2.19. The maximum Gasteiger partial charge on any atom is 0.163 e. The van der Waals surface area contributed by atoms with Crippen LogP contribution in [0.2, 0.25) is 0 Å². The molecule has 0 unspecified atom stereocenters. The van der Waals surface area contributed by atoms with Gasteiger partial charge in [0.25, 0.3) is 0 Å². The number of rotatable bonds is 0. The molecular formula is C15H21N3.